The lowest BCUT2D eigenvalue weighted by Crippen LogP contribution is -2.66. The molecule has 0 saturated carbocycles. The third-order valence-corrected chi connectivity index (χ3v) is 3.30. The smallest absolute Gasteiger partial charge is 0.328 e. The van der Waals surface area contributed by atoms with Gasteiger partial charge >= 0.3 is 5.97 Å². The Balaban J connectivity index is 3.11. The summed E-state index contributed by atoms with van der Waals surface area (Å²) in [5.74, 6) is -2.37. The Morgan fingerprint density at radius 2 is 1.71 bits per heavy atom. The van der Waals surface area contributed by atoms with Gasteiger partial charge in [0.1, 0.15) is 24.4 Å². The molecular weight excluding hydrogens is 290 g/mol. The van der Waals surface area contributed by atoms with Crippen LogP contribution in [0.2, 0.25) is 0 Å². The molecule has 6 atom stereocenters. The van der Waals surface area contributed by atoms with Crippen LogP contribution < -0.4 is 0 Å². The lowest BCUT2D eigenvalue weighted by atomic mass is 9.97. The molecule has 1 aliphatic rings. The van der Waals surface area contributed by atoms with Gasteiger partial charge < -0.3 is 35.4 Å². The molecule has 0 radical (unpaired) electrons. The van der Waals surface area contributed by atoms with Crippen molar-refractivity contribution >= 4 is 11.9 Å². The number of ether oxygens (including phenoxy) is 1. The van der Waals surface area contributed by atoms with Crippen molar-refractivity contribution in [1.82, 2.24) is 4.90 Å². The predicted molar refractivity (Wildman–Crippen MR) is 64.8 cm³/mol. The topological polar surface area (TPSA) is 168 Å². The van der Waals surface area contributed by atoms with Crippen molar-refractivity contribution in [2.75, 3.05) is 13.2 Å². The van der Waals surface area contributed by atoms with Crippen LogP contribution >= 0.6 is 0 Å². The van der Waals surface area contributed by atoms with Gasteiger partial charge in [-0.2, -0.15) is 0 Å². The highest BCUT2D eigenvalue weighted by molar-refractivity contribution is 5.82. The van der Waals surface area contributed by atoms with Gasteiger partial charge in [0.25, 0.3) is 0 Å². The highest BCUT2D eigenvalue weighted by atomic mass is 16.6. The zero-order valence-electron chi connectivity index (χ0n) is 11.2. The zero-order chi connectivity index (χ0) is 16.3. The summed E-state index contributed by atoms with van der Waals surface area (Å²) < 4.78 is 5.11. The molecule has 0 aliphatic carbocycles. The summed E-state index contributed by atoms with van der Waals surface area (Å²) in [6, 6.07) is -1.70. The van der Waals surface area contributed by atoms with E-state index >= 15 is 0 Å². The molecule has 1 heterocycles. The average Bonchev–Trinajstić information content (AvgIpc) is 2.42. The van der Waals surface area contributed by atoms with Crippen molar-refractivity contribution in [3.63, 3.8) is 0 Å². The van der Waals surface area contributed by atoms with E-state index in [1.807, 2.05) is 0 Å². The quantitative estimate of drug-likeness (QED) is 0.297. The Morgan fingerprint density at radius 3 is 2.10 bits per heavy atom. The van der Waals surface area contributed by atoms with E-state index in [1.54, 1.807) is 0 Å². The summed E-state index contributed by atoms with van der Waals surface area (Å²) in [5.41, 5.74) is 0. The standard InChI is InChI=1S/C11H19NO9/c1-4(15)12(5(2-13)11(19)20)10-9(18)8(17)7(16)6(3-14)21-10/h5-10,13-14,16-18H,2-3H2,1H3,(H,19,20)/t5-,6+,7-,8-,9+,10-/m0/s1. The van der Waals surface area contributed by atoms with Gasteiger partial charge in [0.05, 0.1) is 13.2 Å². The van der Waals surface area contributed by atoms with Crippen molar-refractivity contribution in [2.24, 2.45) is 0 Å². The van der Waals surface area contributed by atoms with E-state index in [1.165, 1.54) is 0 Å². The minimum Gasteiger partial charge on any atom is -0.480 e. The van der Waals surface area contributed by atoms with Crippen LogP contribution in [0.3, 0.4) is 0 Å². The van der Waals surface area contributed by atoms with Gasteiger partial charge in [-0.05, 0) is 0 Å². The molecule has 21 heavy (non-hydrogen) atoms. The van der Waals surface area contributed by atoms with E-state index < -0.39 is 61.8 Å². The molecule has 10 nitrogen and oxygen atoms in total. The summed E-state index contributed by atoms with van der Waals surface area (Å²) >= 11 is 0. The largest absolute Gasteiger partial charge is 0.480 e. The first-order chi connectivity index (χ1) is 9.76. The highest BCUT2D eigenvalue weighted by Crippen LogP contribution is 2.25. The van der Waals surface area contributed by atoms with Crippen molar-refractivity contribution in [3.8, 4) is 0 Å². The molecule has 1 amide bonds. The molecule has 122 valence electrons. The second-order valence-corrected chi connectivity index (χ2v) is 4.68. The van der Waals surface area contributed by atoms with Crippen molar-refractivity contribution in [3.05, 3.63) is 0 Å². The second-order valence-electron chi connectivity index (χ2n) is 4.68. The fourth-order valence-electron chi connectivity index (χ4n) is 2.17. The molecule has 1 rings (SSSR count). The van der Waals surface area contributed by atoms with Gasteiger partial charge in [0.15, 0.2) is 12.3 Å². The van der Waals surface area contributed by atoms with Crippen molar-refractivity contribution in [1.29, 1.82) is 0 Å². The van der Waals surface area contributed by atoms with Crippen LogP contribution in [-0.2, 0) is 14.3 Å². The van der Waals surface area contributed by atoms with Gasteiger partial charge in [0, 0.05) is 6.92 Å². The molecule has 1 fully saturated rings. The van der Waals surface area contributed by atoms with Gasteiger partial charge in [-0.25, -0.2) is 4.79 Å². The predicted octanol–water partition coefficient (Wildman–Crippen LogP) is -3.92. The number of carboxylic acid groups (broad SMARTS) is 1. The molecule has 0 aromatic rings. The lowest BCUT2D eigenvalue weighted by molar-refractivity contribution is -0.267. The molecular formula is C11H19NO9. The van der Waals surface area contributed by atoms with Gasteiger partial charge in [-0.1, -0.05) is 0 Å². The number of carbonyl (C=O) groups is 2. The Bertz CT molecular complexity index is 388. The molecule has 6 N–H and O–H groups in total. The first-order valence-electron chi connectivity index (χ1n) is 6.19. The minimum atomic E-state index is -1.81. The number of rotatable bonds is 5. The van der Waals surface area contributed by atoms with Crippen LogP contribution in [0.15, 0.2) is 0 Å². The van der Waals surface area contributed by atoms with Gasteiger partial charge in [0.2, 0.25) is 5.91 Å². The van der Waals surface area contributed by atoms with E-state index in [9.17, 15) is 24.9 Å². The number of carbonyl (C=O) groups excluding carboxylic acids is 1. The van der Waals surface area contributed by atoms with Crippen LogP contribution in [0.1, 0.15) is 6.92 Å². The van der Waals surface area contributed by atoms with Gasteiger partial charge in [-0.3, -0.25) is 9.69 Å². The molecule has 0 aromatic heterocycles. The van der Waals surface area contributed by atoms with Crippen LogP contribution in [0, 0.1) is 0 Å². The molecule has 0 aromatic carbocycles. The number of aliphatic carboxylic acids is 1. The number of amides is 1. The number of aliphatic hydroxyl groups excluding tert-OH is 5. The summed E-state index contributed by atoms with van der Waals surface area (Å²) in [5, 5.41) is 56.3. The average molecular weight is 309 g/mol. The third-order valence-electron chi connectivity index (χ3n) is 3.30. The Kier molecular flexibility index (Phi) is 6.01. The monoisotopic (exact) mass is 309 g/mol. The Hall–Kier alpha value is -1.30. The fraction of sp³-hybridized carbons (Fsp3) is 0.818. The molecule has 0 spiro atoms. The zero-order valence-corrected chi connectivity index (χ0v) is 11.2. The molecule has 0 unspecified atom stereocenters. The Morgan fingerprint density at radius 1 is 1.14 bits per heavy atom. The fourth-order valence-corrected chi connectivity index (χ4v) is 2.17. The van der Waals surface area contributed by atoms with E-state index in [-0.39, 0.29) is 0 Å². The third kappa shape index (κ3) is 3.48. The van der Waals surface area contributed by atoms with Gasteiger partial charge in [-0.15, -0.1) is 0 Å². The molecule has 1 aliphatic heterocycles. The maximum atomic E-state index is 11.6. The molecule has 1 saturated heterocycles. The first-order valence-corrected chi connectivity index (χ1v) is 6.19. The molecule has 10 heteroatoms. The normalized spacial score (nSPS) is 34.3. The van der Waals surface area contributed by atoms with E-state index in [2.05, 4.69) is 0 Å². The Labute approximate surface area is 119 Å². The SMILES string of the molecule is CC(=O)N([C@@H](CO)C(=O)O)[C@H]1O[C@H](CO)[C@H](O)[C@H](O)[C@H]1O. The van der Waals surface area contributed by atoms with E-state index in [0.29, 0.717) is 4.90 Å². The van der Waals surface area contributed by atoms with Crippen LogP contribution in [0.4, 0.5) is 0 Å². The number of nitrogens with zero attached hydrogens (tertiary/aromatic N) is 1. The summed E-state index contributed by atoms with van der Waals surface area (Å²) in [4.78, 5) is 23.2. The number of aliphatic hydroxyl groups is 5. The summed E-state index contributed by atoms with van der Waals surface area (Å²) in [7, 11) is 0. The number of carboxylic acids is 1. The first kappa shape index (κ1) is 17.8. The van der Waals surface area contributed by atoms with Crippen molar-refractivity contribution < 1.29 is 45.0 Å². The minimum absolute atomic E-state index is 0.546. The van der Waals surface area contributed by atoms with Crippen LogP contribution in [0.5, 0.6) is 0 Å². The maximum absolute atomic E-state index is 11.6. The summed E-state index contributed by atoms with van der Waals surface area (Å²) in [6.45, 7) is -0.666. The molecule has 0 bridgehead atoms. The second kappa shape index (κ2) is 7.11. The van der Waals surface area contributed by atoms with Crippen LogP contribution in [0.25, 0.3) is 0 Å². The maximum Gasteiger partial charge on any atom is 0.328 e. The lowest BCUT2D eigenvalue weighted by Gasteiger charge is -2.45. The van der Waals surface area contributed by atoms with E-state index in [4.69, 9.17) is 20.1 Å². The number of hydrogen-bond donors (Lipinski definition) is 6. The van der Waals surface area contributed by atoms with Crippen molar-refractivity contribution in [2.45, 2.75) is 43.6 Å². The van der Waals surface area contributed by atoms with Crippen LogP contribution in [-0.4, -0.2) is 97.3 Å². The highest BCUT2D eigenvalue weighted by Gasteiger charge is 2.48. The van der Waals surface area contributed by atoms with E-state index in [0.717, 1.165) is 6.92 Å². The number of hydrogen-bond acceptors (Lipinski definition) is 8. The summed E-state index contributed by atoms with van der Waals surface area (Å²) in [6.07, 6.45) is -8.11.